The van der Waals surface area contributed by atoms with Crippen molar-refractivity contribution in [2.45, 2.75) is 13.0 Å². The van der Waals surface area contributed by atoms with E-state index in [0.717, 1.165) is 0 Å². The van der Waals surface area contributed by atoms with E-state index >= 15 is 0 Å². The van der Waals surface area contributed by atoms with Crippen LogP contribution in [0.15, 0.2) is 11.5 Å². The third kappa shape index (κ3) is 2.67. The van der Waals surface area contributed by atoms with Crippen molar-refractivity contribution in [1.82, 2.24) is 9.97 Å². The molecule has 0 saturated heterocycles. The zero-order valence-electron chi connectivity index (χ0n) is 9.01. The number of rotatable bonds is 2. The van der Waals surface area contributed by atoms with Gasteiger partial charge >= 0.3 is 0 Å². The molecular weight excluding hydrogens is 264 g/mol. The van der Waals surface area contributed by atoms with Gasteiger partial charge in [-0.15, -0.1) is 0 Å². The molecule has 0 aliphatic carbocycles. The maximum atomic E-state index is 11.2. The number of nitrogens with two attached hydrogens (primary N) is 1. The smallest absolute Gasteiger partial charge is 0.224 e. The summed E-state index contributed by atoms with van der Waals surface area (Å²) in [7, 11) is -3.11. The first-order valence-corrected chi connectivity index (χ1v) is 6.94. The van der Waals surface area contributed by atoms with Crippen LogP contribution in [0.4, 0.5) is 11.5 Å². The summed E-state index contributed by atoms with van der Waals surface area (Å²) in [6.45, 7) is 1.70. The second-order valence-electron chi connectivity index (χ2n) is 3.75. The van der Waals surface area contributed by atoms with Crippen LogP contribution in [0.3, 0.4) is 0 Å². The fourth-order valence-corrected chi connectivity index (χ4v) is 2.95. The third-order valence-electron chi connectivity index (χ3n) is 2.36. The van der Waals surface area contributed by atoms with Gasteiger partial charge in [-0.3, -0.25) is 0 Å². The number of hydrogen-bond acceptors (Lipinski definition) is 6. The first-order chi connectivity index (χ1) is 7.87. The summed E-state index contributed by atoms with van der Waals surface area (Å²) in [4.78, 5) is 7.82. The van der Waals surface area contributed by atoms with Crippen molar-refractivity contribution in [1.29, 1.82) is 0 Å². The molecule has 0 spiro atoms. The van der Waals surface area contributed by atoms with E-state index in [1.165, 1.54) is 5.41 Å². The SMILES string of the molecule is Cc1nc(Cl)nc(NC2C=CS(=O)(=O)C2)c1N. The zero-order chi connectivity index (χ0) is 12.6. The number of nitrogens with one attached hydrogen (secondary N) is 1. The second-order valence-corrected chi connectivity index (χ2v) is 6.02. The molecule has 8 heteroatoms. The number of aryl methyl sites for hydroxylation is 1. The van der Waals surface area contributed by atoms with Crippen LogP contribution in [0.25, 0.3) is 0 Å². The van der Waals surface area contributed by atoms with Gasteiger partial charge in [0.25, 0.3) is 0 Å². The van der Waals surface area contributed by atoms with Crippen LogP contribution < -0.4 is 11.1 Å². The lowest BCUT2D eigenvalue weighted by molar-refractivity contribution is 0.605. The van der Waals surface area contributed by atoms with Crippen LogP contribution in [-0.2, 0) is 9.84 Å². The number of hydrogen-bond donors (Lipinski definition) is 2. The Labute approximate surface area is 104 Å². The van der Waals surface area contributed by atoms with E-state index < -0.39 is 9.84 Å². The third-order valence-corrected chi connectivity index (χ3v) is 3.93. The van der Waals surface area contributed by atoms with Crippen molar-refractivity contribution in [2.24, 2.45) is 0 Å². The van der Waals surface area contributed by atoms with Crippen LogP contribution in [0.2, 0.25) is 5.28 Å². The van der Waals surface area contributed by atoms with Gasteiger partial charge in [0.05, 0.1) is 23.2 Å². The maximum absolute atomic E-state index is 11.2. The molecule has 0 bridgehead atoms. The molecule has 0 radical (unpaired) electrons. The van der Waals surface area contributed by atoms with Crippen LogP contribution in [-0.4, -0.2) is 30.2 Å². The van der Waals surface area contributed by atoms with Crippen molar-refractivity contribution >= 4 is 32.9 Å². The Bertz CT molecular complexity index is 585. The minimum absolute atomic E-state index is 0.00684. The molecule has 1 aromatic heterocycles. The lowest BCUT2D eigenvalue weighted by Crippen LogP contribution is -2.22. The van der Waals surface area contributed by atoms with E-state index in [1.54, 1.807) is 13.0 Å². The Hall–Kier alpha value is -1.34. The fraction of sp³-hybridized carbons (Fsp3) is 0.333. The first kappa shape index (κ1) is 12.1. The van der Waals surface area contributed by atoms with Gasteiger partial charge in [-0.1, -0.05) is 0 Å². The van der Waals surface area contributed by atoms with Gasteiger partial charge in [-0.05, 0) is 24.6 Å². The number of nitrogens with zero attached hydrogens (tertiary/aromatic N) is 2. The molecule has 0 aromatic carbocycles. The van der Waals surface area contributed by atoms with Gasteiger partial charge in [0.2, 0.25) is 5.28 Å². The van der Waals surface area contributed by atoms with Crippen molar-refractivity contribution < 1.29 is 8.42 Å². The van der Waals surface area contributed by atoms with Gasteiger partial charge < -0.3 is 11.1 Å². The summed E-state index contributed by atoms with van der Waals surface area (Å²) in [6.07, 6.45) is 1.56. The topological polar surface area (TPSA) is 98.0 Å². The molecule has 0 fully saturated rings. The second kappa shape index (κ2) is 4.15. The van der Waals surface area contributed by atoms with Crippen LogP contribution in [0.5, 0.6) is 0 Å². The molecule has 1 aromatic rings. The molecule has 2 rings (SSSR count). The molecule has 92 valence electrons. The normalized spacial score (nSPS) is 21.6. The van der Waals surface area contributed by atoms with Crippen molar-refractivity contribution in [2.75, 3.05) is 16.8 Å². The highest BCUT2D eigenvalue weighted by molar-refractivity contribution is 7.94. The Morgan fingerprint density at radius 1 is 1.53 bits per heavy atom. The van der Waals surface area contributed by atoms with E-state index in [0.29, 0.717) is 17.2 Å². The van der Waals surface area contributed by atoms with Crippen LogP contribution >= 0.6 is 11.6 Å². The van der Waals surface area contributed by atoms with E-state index in [1.807, 2.05) is 0 Å². The average Bonchev–Trinajstić information content (AvgIpc) is 2.54. The van der Waals surface area contributed by atoms with Crippen molar-refractivity contribution in [3.05, 3.63) is 22.5 Å². The van der Waals surface area contributed by atoms with E-state index in [-0.39, 0.29) is 17.1 Å². The summed E-state index contributed by atoms with van der Waals surface area (Å²) in [6, 6.07) is -0.340. The standard InChI is InChI=1S/C9H11ClN4O2S/c1-5-7(11)8(14-9(10)12-5)13-6-2-3-17(15,16)4-6/h2-3,6H,4,11H2,1H3,(H,12,13,14). The molecule has 0 saturated carbocycles. The van der Waals surface area contributed by atoms with Gasteiger partial charge in [-0.25, -0.2) is 13.4 Å². The molecular formula is C9H11ClN4O2S. The molecule has 1 aliphatic rings. The molecule has 1 aliphatic heterocycles. The highest BCUT2D eigenvalue weighted by Gasteiger charge is 2.22. The van der Waals surface area contributed by atoms with Gasteiger partial charge in [0, 0.05) is 5.41 Å². The van der Waals surface area contributed by atoms with Crippen LogP contribution in [0, 0.1) is 6.92 Å². The largest absolute Gasteiger partial charge is 0.394 e. The van der Waals surface area contributed by atoms with E-state index in [2.05, 4.69) is 15.3 Å². The Morgan fingerprint density at radius 2 is 2.24 bits per heavy atom. The Morgan fingerprint density at radius 3 is 2.82 bits per heavy atom. The summed E-state index contributed by atoms with van der Waals surface area (Å²) >= 11 is 5.71. The predicted molar refractivity (Wildman–Crippen MR) is 66.5 cm³/mol. The molecule has 0 amide bonds. The average molecular weight is 275 g/mol. The van der Waals surface area contributed by atoms with Gasteiger partial charge in [0.1, 0.15) is 0 Å². The van der Waals surface area contributed by atoms with Gasteiger partial charge in [0.15, 0.2) is 15.7 Å². The summed E-state index contributed by atoms with van der Waals surface area (Å²) in [5.41, 5.74) is 6.70. The lowest BCUT2D eigenvalue weighted by atomic mass is 10.3. The fourth-order valence-electron chi connectivity index (χ4n) is 1.50. The van der Waals surface area contributed by atoms with E-state index in [9.17, 15) is 8.42 Å². The van der Waals surface area contributed by atoms with Crippen molar-refractivity contribution in [3.63, 3.8) is 0 Å². The maximum Gasteiger partial charge on any atom is 0.224 e. The molecule has 6 nitrogen and oxygen atoms in total. The summed E-state index contributed by atoms with van der Waals surface area (Å²) in [5.74, 6) is 0.349. The number of sulfone groups is 1. The Kier molecular flexibility index (Phi) is 2.96. The number of nitrogen functional groups attached to an aromatic ring is 1. The zero-order valence-corrected chi connectivity index (χ0v) is 10.6. The minimum Gasteiger partial charge on any atom is -0.394 e. The predicted octanol–water partition coefficient (Wildman–Crippen LogP) is 0.743. The minimum atomic E-state index is -3.11. The molecule has 3 N–H and O–H groups in total. The van der Waals surface area contributed by atoms with Crippen molar-refractivity contribution in [3.8, 4) is 0 Å². The Balaban J connectivity index is 2.23. The highest BCUT2D eigenvalue weighted by Crippen LogP contribution is 2.23. The first-order valence-electron chi connectivity index (χ1n) is 4.84. The summed E-state index contributed by atoms with van der Waals surface area (Å²) in [5, 5.41) is 4.17. The molecule has 1 unspecified atom stereocenters. The van der Waals surface area contributed by atoms with E-state index in [4.69, 9.17) is 17.3 Å². The molecule has 17 heavy (non-hydrogen) atoms. The molecule has 1 atom stereocenters. The highest BCUT2D eigenvalue weighted by atomic mass is 35.5. The number of aromatic nitrogens is 2. The molecule has 2 heterocycles. The number of anilines is 2. The number of halogens is 1. The lowest BCUT2D eigenvalue weighted by Gasteiger charge is -2.13. The quantitative estimate of drug-likeness (QED) is 0.772. The monoisotopic (exact) mass is 274 g/mol. The van der Waals surface area contributed by atoms with Gasteiger partial charge in [-0.2, -0.15) is 4.98 Å². The summed E-state index contributed by atoms with van der Waals surface area (Å²) < 4.78 is 22.5. The van der Waals surface area contributed by atoms with Crippen LogP contribution in [0.1, 0.15) is 5.69 Å².